The van der Waals surface area contributed by atoms with E-state index in [1.54, 1.807) is 24.3 Å². The Labute approximate surface area is 245 Å². The summed E-state index contributed by atoms with van der Waals surface area (Å²) in [5.74, 6) is 0.217. The van der Waals surface area contributed by atoms with Gasteiger partial charge in [0.25, 0.3) is 5.91 Å². The first kappa shape index (κ1) is 31.0. The van der Waals surface area contributed by atoms with Crippen molar-refractivity contribution in [3.63, 3.8) is 0 Å². The van der Waals surface area contributed by atoms with Gasteiger partial charge in [0.05, 0.1) is 37.6 Å². The van der Waals surface area contributed by atoms with Gasteiger partial charge in [-0.1, -0.05) is 30.3 Å². The van der Waals surface area contributed by atoms with Gasteiger partial charge in [-0.3, -0.25) is 4.79 Å². The van der Waals surface area contributed by atoms with Crippen LogP contribution < -0.4 is 21.3 Å². The normalized spacial score (nSPS) is 11.1. The minimum absolute atomic E-state index is 0.0474. The highest BCUT2D eigenvalue weighted by Gasteiger charge is 2.34. The van der Waals surface area contributed by atoms with E-state index in [1.807, 2.05) is 30.3 Å². The molecule has 1 heterocycles. The molecule has 226 valence electrons. The summed E-state index contributed by atoms with van der Waals surface area (Å²) in [7, 11) is 0. The van der Waals surface area contributed by atoms with Crippen LogP contribution in [-0.4, -0.2) is 65.5 Å². The number of carbonyl (C=O) groups excluding carboxylic acids is 1. The molecule has 0 saturated carbocycles. The van der Waals surface area contributed by atoms with Crippen molar-refractivity contribution in [2.45, 2.75) is 6.18 Å². The van der Waals surface area contributed by atoms with Crippen molar-refractivity contribution < 1.29 is 32.5 Å². The molecule has 4 aromatic rings. The van der Waals surface area contributed by atoms with Crippen LogP contribution in [0, 0.1) is 0 Å². The number of aromatic hydroxyl groups is 1. The Morgan fingerprint density at radius 3 is 1.91 bits per heavy atom. The SMILES string of the molecule is O=C(NCCOCCOCCNc1nc(Nc2ccccc2)nc(Nc2ccc(O)cc2)n1)c1ccccc1C(F)(F)F. The van der Waals surface area contributed by atoms with Gasteiger partial charge in [0.15, 0.2) is 0 Å². The van der Waals surface area contributed by atoms with Gasteiger partial charge in [-0.05, 0) is 48.5 Å². The first-order chi connectivity index (χ1) is 20.8. The lowest BCUT2D eigenvalue weighted by molar-refractivity contribution is -0.137. The monoisotopic (exact) mass is 597 g/mol. The average Bonchev–Trinajstić information content (AvgIpc) is 2.99. The molecule has 3 aromatic carbocycles. The van der Waals surface area contributed by atoms with Crippen molar-refractivity contribution in [1.29, 1.82) is 0 Å². The van der Waals surface area contributed by atoms with Crippen molar-refractivity contribution in [2.24, 2.45) is 0 Å². The molecule has 0 radical (unpaired) electrons. The fraction of sp³-hybridized carbons (Fsp3) is 0.241. The zero-order chi connectivity index (χ0) is 30.5. The highest BCUT2D eigenvalue weighted by atomic mass is 19.4. The van der Waals surface area contributed by atoms with Gasteiger partial charge in [0.1, 0.15) is 5.75 Å². The van der Waals surface area contributed by atoms with Crippen LogP contribution in [-0.2, 0) is 15.7 Å². The van der Waals surface area contributed by atoms with Crippen LogP contribution in [0.4, 0.5) is 42.4 Å². The Kier molecular flexibility index (Phi) is 11.0. The number of hydrogen-bond acceptors (Lipinski definition) is 10. The number of halogens is 3. The van der Waals surface area contributed by atoms with E-state index >= 15 is 0 Å². The van der Waals surface area contributed by atoms with Gasteiger partial charge in [0, 0.05) is 24.5 Å². The van der Waals surface area contributed by atoms with Gasteiger partial charge in [-0.2, -0.15) is 28.1 Å². The molecule has 1 amide bonds. The van der Waals surface area contributed by atoms with Gasteiger partial charge < -0.3 is 35.8 Å². The summed E-state index contributed by atoms with van der Waals surface area (Å²) in [6.07, 6.45) is -4.62. The topological polar surface area (TPSA) is 143 Å². The van der Waals surface area contributed by atoms with E-state index in [0.717, 1.165) is 17.8 Å². The highest BCUT2D eigenvalue weighted by Crippen LogP contribution is 2.31. The minimum atomic E-state index is -4.62. The second kappa shape index (κ2) is 15.3. The van der Waals surface area contributed by atoms with Crippen LogP contribution in [0.25, 0.3) is 0 Å². The van der Waals surface area contributed by atoms with E-state index in [2.05, 4.69) is 36.2 Å². The van der Waals surface area contributed by atoms with Crippen LogP contribution >= 0.6 is 0 Å². The quantitative estimate of drug-likeness (QED) is 0.0943. The molecule has 1 aromatic heterocycles. The summed E-state index contributed by atoms with van der Waals surface area (Å²) in [5, 5.41) is 21.2. The van der Waals surface area contributed by atoms with E-state index in [9.17, 15) is 23.1 Å². The fourth-order valence-corrected chi connectivity index (χ4v) is 3.71. The predicted octanol–water partition coefficient (Wildman–Crippen LogP) is 4.96. The Morgan fingerprint density at radius 1 is 0.698 bits per heavy atom. The number of hydrogen-bond donors (Lipinski definition) is 5. The molecular weight excluding hydrogens is 567 g/mol. The molecule has 14 heteroatoms. The number of phenolic OH excluding ortho intramolecular Hbond substituents is 1. The third-order valence-electron chi connectivity index (χ3n) is 5.70. The van der Waals surface area contributed by atoms with Gasteiger partial charge in [-0.25, -0.2) is 0 Å². The van der Waals surface area contributed by atoms with Crippen molar-refractivity contribution in [3.8, 4) is 5.75 Å². The number of benzene rings is 3. The van der Waals surface area contributed by atoms with Crippen LogP contribution in [0.3, 0.4) is 0 Å². The number of aromatic nitrogens is 3. The predicted molar refractivity (Wildman–Crippen MR) is 155 cm³/mol. The molecule has 0 aliphatic heterocycles. The summed E-state index contributed by atoms with van der Waals surface area (Å²) in [4.78, 5) is 25.4. The lowest BCUT2D eigenvalue weighted by Crippen LogP contribution is -2.29. The van der Waals surface area contributed by atoms with Crippen LogP contribution in [0.15, 0.2) is 78.9 Å². The number of rotatable bonds is 15. The maximum atomic E-state index is 13.1. The molecule has 4 rings (SSSR count). The third-order valence-corrected chi connectivity index (χ3v) is 5.70. The zero-order valence-electron chi connectivity index (χ0n) is 22.9. The number of anilines is 5. The van der Waals surface area contributed by atoms with Gasteiger partial charge >= 0.3 is 6.18 Å². The van der Waals surface area contributed by atoms with Crippen LogP contribution in [0.5, 0.6) is 5.75 Å². The summed E-state index contributed by atoms with van der Waals surface area (Å²) < 4.78 is 50.2. The van der Waals surface area contributed by atoms with Crippen LogP contribution in [0.1, 0.15) is 15.9 Å². The fourth-order valence-electron chi connectivity index (χ4n) is 3.71. The Balaban J connectivity index is 1.18. The highest BCUT2D eigenvalue weighted by molar-refractivity contribution is 5.95. The molecule has 0 spiro atoms. The van der Waals surface area contributed by atoms with Crippen molar-refractivity contribution in [1.82, 2.24) is 20.3 Å². The van der Waals surface area contributed by atoms with E-state index in [0.29, 0.717) is 30.7 Å². The van der Waals surface area contributed by atoms with Gasteiger partial charge in [0.2, 0.25) is 17.8 Å². The van der Waals surface area contributed by atoms with Crippen molar-refractivity contribution in [3.05, 3.63) is 90.0 Å². The van der Waals surface area contributed by atoms with Crippen molar-refractivity contribution >= 4 is 35.1 Å². The maximum absolute atomic E-state index is 13.1. The number of nitrogens with one attached hydrogen (secondary N) is 4. The van der Waals surface area contributed by atoms with Gasteiger partial charge in [-0.15, -0.1) is 0 Å². The average molecular weight is 598 g/mol. The molecule has 0 atom stereocenters. The molecule has 0 bridgehead atoms. The van der Waals surface area contributed by atoms with Crippen molar-refractivity contribution in [2.75, 3.05) is 55.5 Å². The number of phenols is 1. The van der Waals surface area contributed by atoms with E-state index in [-0.39, 0.29) is 38.1 Å². The molecule has 0 unspecified atom stereocenters. The van der Waals surface area contributed by atoms with Crippen LogP contribution in [0.2, 0.25) is 0 Å². The molecule has 0 aliphatic carbocycles. The molecule has 0 saturated heterocycles. The Hall–Kier alpha value is -4.95. The molecule has 5 N–H and O–H groups in total. The summed E-state index contributed by atoms with van der Waals surface area (Å²) in [6, 6.07) is 20.5. The molecule has 11 nitrogen and oxygen atoms in total. The first-order valence-corrected chi connectivity index (χ1v) is 13.3. The molecule has 43 heavy (non-hydrogen) atoms. The number of nitrogens with zero attached hydrogens (tertiary/aromatic N) is 3. The standard InChI is InChI=1S/C29H30F3N7O4/c30-29(31,32)24-9-5-4-8-23(24)25(41)33-14-16-42-18-19-43-17-15-34-26-37-27(35-20-6-2-1-3-7-20)39-28(38-26)36-21-10-12-22(40)13-11-21/h1-13,40H,14-19H2,(H,33,41)(H3,34,35,36,37,38,39). The second-order valence-electron chi connectivity index (χ2n) is 8.92. The number of para-hydroxylation sites is 1. The number of carbonyl (C=O) groups is 1. The Bertz CT molecular complexity index is 1460. The van der Waals surface area contributed by atoms with E-state index in [1.165, 1.54) is 12.1 Å². The number of alkyl halides is 3. The Morgan fingerprint density at radius 2 is 1.26 bits per heavy atom. The zero-order valence-corrected chi connectivity index (χ0v) is 22.9. The second-order valence-corrected chi connectivity index (χ2v) is 8.92. The van der Waals surface area contributed by atoms with E-state index in [4.69, 9.17) is 9.47 Å². The molecule has 0 aliphatic rings. The smallest absolute Gasteiger partial charge is 0.417 e. The molecule has 0 fully saturated rings. The number of amides is 1. The minimum Gasteiger partial charge on any atom is -0.508 e. The summed E-state index contributed by atoms with van der Waals surface area (Å²) >= 11 is 0. The lowest BCUT2D eigenvalue weighted by Gasteiger charge is -2.13. The summed E-state index contributed by atoms with van der Waals surface area (Å²) in [5.41, 5.74) is 0.0511. The van der Waals surface area contributed by atoms with E-state index < -0.39 is 23.2 Å². The largest absolute Gasteiger partial charge is 0.508 e. The molecular formula is C29H30F3N7O4. The third kappa shape index (κ3) is 10.1. The lowest BCUT2D eigenvalue weighted by atomic mass is 10.1. The summed E-state index contributed by atoms with van der Waals surface area (Å²) in [6.45, 7) is 1.33. The number of ether oxygens (including phenoxy) is 2. The maximum Gasteiger partial charge on any atom is 0.417 e. The first-order valence-electron chi connectivity index (χ1n) is 13.3.